The quantitative estimate of drug-likeness (QED) is 0.450. The molecule has 0 saturated carbocycles. The summed E-state index contributed by atoms with van der Waals surface area (Å²) in [4.78, 5) is 17.8. The van der Waals surface area contributed by atoms with Gasteiger partial charge in [-0.05, 0) is 23.6 Å². The summed E-state index contributed by atoms with van der Waals surface area (Å²) in [7, 11) is 0. The fourth-order valence-electron chi connectivity index (χ4n) is 2.41. The first kappa shape index (κ1) is 16.5. The van der Waals surface area contributed by atoms with Crippen molar-refractivity contribution in [3.05, 3.63) is 41.2 Å². The predicted molar refractivity (Wildman–Crippen MR) is 95.2 cm³/mol. The van der Waals surface area contributed by atoms with Crippen molar-refractivity contribution >= 4 is 34.5 Å². The smallest absolute Gasteiger partial charge is 0.231 e. The second-order valence-electron chi connectivity index (χ2n) is 5.34. The van der Waals surface area contributed by atoms with E-state index in [0.29, 0.717) is 36.0 Å². The summed E-state index contributed by atoms with van der Waals surface area (Å²) in [5, 5.41) is 13.1. The highest BCUT2D eigenvalue weighted by molar-refractivity contribution is 6.29. The van der Waals surface area contributed by atoms with Crippen molar-refractivity contribution in [2.45, 2.75) is 19.9 Å². The number of imidazole rings is 1. The van der Waals surface area contributed by atoms with E-state index in [0.717, 1.165) is 12.0 Å². The van der Waals surface area contributed by atoms with Crippen LogP contribution in [-0.4, -0.2) is 38.3 Å². The minimum absolute atomic E-state index is 0.153. The van der Waals surface area contributed by atoms with E-state index in [1.807, 2.05) is 37.3 Å². The normalized spacial score (nSPS) is 11.0. The Balaban J connectivity index is 1.94. The molecule has 0 fully saturated rings. The zero-order valence-corrected chi connectivity index (χ0v) is 14.1. The lowest BCUT2D eigenvalue weighted by atomic mass is 10.2. The van der Waals surface area contributed by atoms with Gasteiger partial charge in [0.1, 0.15) is 6.73 Å². The fraction of sp³-hybridized carbons (Fsp3) is 0.312. The molecule has 0 aliphatic rings. The number of hydrogen-bond donors (Lipinski definition) is 3. The number of rotatable bonds is 7. The lowest BCUT2D eigenvalue weighted by molar-refractivity contribution is 0.288. The van der Waals surface area contributed by atoms with Gasteiger partial charge in [-0.3, -0.25) is 0 Å². The van der Waals surface area contributed by atoms with E-state index in [1.165, 1.54) is 0 Å². The number of nitrogens with zero attached hydrogens (tertiary/aromatic N) is 4. The van der Waals surface area contributed by atoms with Crippen LogP contribution in [-0.2, 0) is 6.54 Å². The molecular weight excluding hydrogens is 328 g/mol. The molecule has 2 heterocycles. The zero-order chi connectivity index (χ0) is 16.9. The largest absolute Gasteiger partial charge is 0.376 e. The predicted octanol–water partition coefficient (Wildman–Crippen LogP) is 2.78. The maximum atomic E-state index is 9.56. The molecule has 2 aromatic heterocycles. The van der Waals surface area contributed by atoms with E-state index in [4.69, 9.17) is 11.6 Å². The lowest BCUT2D eigenvalue weighted by Gasteiger charge is -2.19. The van der Waals surface area contributed by atoms with Gasteiger partial charge >= 0.3 is 0 Å². The van der Waals surface area contributed by atoms with E-state index in [9.17, 15) is 5.11 Å². The standard InChI is InChI=1S/C16H19ClN6O/c1-2-8-23(10-24)16-21-13(12-14(22-16)20-15(17)19-12)18-9-11-6-4-3-5-7-11/h3-7,24H,2,8-10H2,1H3,(H2,18,19,20,21,22). The van der Waals surface area contributed by atoms with Crippen LogP contribution in [0, 0.1) is 0 Å². The Morgan fingerprint density at radius 3 is 2.71 bits per heavy atom. The summed E-state index contributed by atoms with van der Waals surface area (Å²) in [6, 6.07) is 10.0. The second kappa shape index (κ2) is 7.46. The molecule has 3 aromatic rings. The van der Waals surface area contributed by atoms with Gasteiger partial charge < -0.3 is 20.3 Å². The molecule has 8 heteroatoms. The summed E-state index contributed by atoms with van der Waals surface area (Å²) in [5.41, 5.74) is 2.24. The topological polar surface area (TPSA) is 90.0 Å². The molecule has 0 amide bonds. The van der Waals surface area contributed by atoms with Gasteiger partial charge in [-0.25, -0.2) is 4.98 Å². The SMILES string of the molecule is CCCN(CO)c1nc(NCc2ccccc2)c2nc(Cl)[nH]c2n1. The summed E-state index contributed by atoms with van der Waals surface area (Å²) in [6.45, 7) is 3.13. The van der Waals surface area contributed by atoms with Gasteiger partial charge in [0, 0.05) is 13.1 Å². The Kier molecular flexibility index (Phi) is 5.12. The molecule has 0 spiro atoms. The Morgan fingerprint density at radius 1 is 1.21 bits per heavy atom. The van der Waals surface area contributed by atoms with Gasteiger partial charge in [-0.2, -0.15) is 9.97 Å². The number of anilines is 2. The Labute approximate surface area is 144 Å². The van der Waals surface area contributed by atoms with E-state index in [1.54, 1.807) is 4.90 Å². The third-order valence-electron chi connectivity index (χ3n) is 3.55. The molecule has 7 nitrogen and oxygen atoms in total. The second-order valence-corrected chi connectivity index (χ2v) is 5.70. The van der Waals surface area contributed by atoms with E-state index >= 15 is 0 Å². The first-order valence-corrected chi connectivity index (χ1v) is 8.16. The van der Waals surface area contributed by atoms with Gasteiger partial charge in [-0.1, -0.05) is 37.3 Å². The Bertz CT molecular complexity index is 807. The van der Waals surface area contributed by atoms with Gasteiger partial charge in [0.2, 0.25) is 11.2 Å². The molecule has 126 valence electrons. The van der Waals surface area contributed by atoms with Crippen molar-refractivity contribution in [1.29, 1.82) is 0 Å². The van der Waals surface area contributed by atoms with Crippen molar-refractivity contribution in [3.63, 3.8) is 0 Å². The third-order valence-corrected chi connectivity index (χ3v) is 3.73. The molecule has 0 aliphatic carbocycles. The minimum Gasteiger partial charge on any atom is -0.376 e. The molecule has 0 unspecified atom stereocenters. The van der Waals surface area contributed by atoms with Crippen molar-refractivity contribution in [1.82, 2.24) is 19.9 Å². The number of fused-ring (bicyclic) bond motifs is 1. The Hall–Kier alpha value is -2.38. The van der Waals surface area contributed by atoms with E-state index in [2.05, 4.69) is 25.3 Å². The fourth-order valence-corrected chi connectivity index (χ4v) is 2.58. The van der Waals surface area contributed by atoms with Crippen molar-refractivity contribution in [2.24, 2.45) is 0 Å². The molecule has 0 radical (unpaired) electrons. The lowest BCUT2D eigenvalue weighted by Crippen LogP contribution is -2.27. The number of aliphatic hydroxyl groups is 1. The number of H-pyrrole nitrogens is 1. The van der Waals surface area contributed by atoms with Crippen LogP contribution in [0.15, 0.2) is 30.3 Å². The van der Waals surface area contributed by atoms with Crippen molar-refractivity contribution in [2.75, 3.05) is 23.5 Å². The first-order valence-electron chi connectivity index (χ1n) is 7.78. The molecule has 3 N–H and O–H groups in total. The highest BCUT2D eigenvalue weighted by Crippen LogP contribution is 2.24. The summed E-state index contributed by atoms with van der Waals surface area (Å²) >= 11 is 5.97. The molecule has 0 bridgehead atoms. The van der Waals surface area contributed by atoms with Crippen LogP contribution in [0.4, 0.5) is 11.8 Å². The van der Waals surface area contributed by atoms with Gasteiger partial charge in [0.15, 0.2) is 17.0 Å². The van der Waals surface area contributed by atoms with Gasteiger partial charge in [-0.15, -0.1) is 0 Å². The third kappa shape index (κ3) is 3.58. The average Bonchev–Trinajstić information content (AvgIpc) is 2.98. The highest BCUT2D eigenvalue weighted by atomic mass is 35.5. The molecule has 0 aliphatic heterocycles. The summed E-state index contributed by atoms with van der Waals surface area (Å²) in [6.07, 6.45) is 0.873. The number of halogens is 1. The number of nitrogens with one attached hydrogen (secondary N) is 2. The van der Waals surface area contributed by atoms with Crippen LogP contribution in [0.3, 0.4) is 0 Å². The van der Waals surface area contributed by atoms with Gasteiger partial charge in [0.05, 0.1) is 0 Å². The highest BCUT2D eigenvalue weighted by Gasteiger charge is 2.15. The van der Waals surface area contributed by atoms with Crippen LogP contribution >= 0.6 is 11.6 Å². The maximum absolute atomic E-state index is 9.56. The van der Waals surface area contributed by atoms with E-state index in [-0.39, 0.29) is 12.0 Å². The van der Waals surface area contributed by atoms with Crippen LogP contribution in [0.25, 0.3) is 11.2 Å². The van der Waals surface area contributed by atoms with Crippen LogP contribution in [0.1, 0.15) is 18.9 Å². The monoisotopic (exact) mass is 346 g/mol. The zero-order valence-electron chi connectivity index (χ0n) is 13.3. The number of aromatic nitrogens is 4. The summed E-state index contributed by atoms with van der Waals surface area (Å²) < 4.78 is 0. The number of hydrogen-bond acceptors (Lipinski definition) is 6. The average molecular weight is 347 g/mol. The molecule has 3 rings (SSSR count). The molecule has 24 heavy (non-hydrogen) atoms. The molecule has 0 saturated heterocycles. The summed E-state index contributed by atoms with van der Waals surface area (Å²) in [5.74, 6) is 1.01. The van der Waals surface area contributed by atoms with Crippen molar-refractivity contribution < 1.29 is 5.11 Å². The molecular formula is C16H19ClN6O. The van der Waals surface area contributed by atoms with Crippen LogP contribution in [0.5, 0.6) is 0 Å². The number of benzene rings is 1. The molecule has 1 aromatic carbocycles. The van der Waals surface area contributed by atoms with Crippen LogP contribution < -0.4 is 10.2 Å². The van der Waals surface area contributed by atoms with E-state index < -0.39 is 0 Å². The van der Waals surface area contributed by atoms with Crippen LogP contribution in [0.2, 0.25) is 5.28 Å². The first-order chi connectivity index (χ1) is 11.7. The Morgan fingerprint density at radius 2 is 2.00 bits per heavy atom. The number of aliphatic hydroxyl groups excluding tert-OH is 1. The van der Waals surface area contributed by atoms with Gasteiger partial charge in [0.25, 0.3) is 0 Å². The van der Waals surface area contributed by atoms with Crippen molar-refractivity contribution in [3.8, 4) is 0 Å². The minimum atomic E-state index is -0.153. The molecule has 0 atom stereocenters. The number of aromatic amines is 1. The maximum Gasteiger partial charge on any atom is 0.231 e.